The normalized spacial score (nSPS) is 27.9. The zero-order chi connectivity index (χ0) is 19.2. The van der Waals surface area contributed by atoms with Gasteiger partial charge in [-0.2, -0.15) is 0 Å². The average Bonchev–Trinajstić information content (AvgIpc) is 2.71. The lowest BCUT2D eigenvalue weighted by Gasteiger charge is -2.44. The van der Waals surface area contributed by atoms with Crippen molar-refractivity contribution in [1.82, 2.24) is 0 Å². The van der Waals surface area contributed by atoms with Gasteiger partial charge in [0.25, 0.3) is 0 Å². The minimum atomic E-state index is -0.445. The molecule has 0 N–H and O–H groups in total. The van der Waals surface area contributed by atoms with Crippen LogP contribution in [0.4, 0.5) is 0 Å². The third kappa shape index (κ3) is 4.76. The van der Waals surface area contributed by atoms with Crippen molar-refractivity contribution >= 4 is 5.97 Å². The van der Waals surface area contributed by atoms with E-state index < -0.39 is 6.10 Å². The zero-order valence-corrected chi connectivity index (χ0v) is 16.2. The molecule has 1 saturated heterocycles. The summed E-state index contributed by atoms with van der Waals surface area (Å²) in [6, 6.07) is 19.1. The SMILES string of the molecule is CCC1O[C@@H](C)C(OC(=O)c2ccccc2)[C@H](OCc2ccccc2)[C@H]1C. The lowest BCUT2D eigenvalue weighted by molar-refractivity contribution is -0.209. The first-order valence-corrected chi connectivity index (χ1v) is 9.67. The molecule has 2 unspecified atom stereocenters. The Kier molecular flexibility index (Phi) is 6.64. The third-order valence-corrected chi connectivity index (χ3v) is 5.22. The number of benzene rings is 2. The molecule has 5 atom stereocenters. The van der Waals surface area contributed by atoms with Gasteiger partial charge in [-0.25, -0.2) is 4.79 Å². The van der Waals surface area contributed by atoms with Crippen LogP contribution < -0.4 is 0 Å². The van der Waals surface area contributed by atoms with Crippen LogP contribution in [0.15, 0.2) is 60.7 Å². The molecule has 1 fully saturated rings. The van der Waals surface area contributed by atoms with Gasteiger partial charge in [0.05, 0.1) is 24.4 Å². The molecule has 1 aliphatic heterocycles. The summed E-state index contributed by atoms with van der Waals surface area (Å²) in [5, 5.41) is 0. The van der Waals surface area contributed by atoms with Gasteiger partial charge in [-0.15, -0.1) is 0 Å². The van der Waals surface area contributed by atoms with Crippen molar-refractivity contribution in [2.75, 3.05) is 0 Å². The van der Waals surface area contributed by atoms with Crippen LogP contribution in [0.2, 0.25) is 0 Å². The Bertz CT molecular complexity index is 716. The van der Waals surface area contributed by atoms with Crippen LogP contribution in [-0.2, 0) is 20.8 Å². The van der Waals surface area contributed by atoms with Crippen molar-refractivity contribution in [1.29, 1.82) is 0 Å². The van der Waals surface area contributed by atoms with Gasteiger partial charge in [0, 0.05) is 5.92 Å². The Balaban J connectivity index is 1.76. The van der Waals surface area contributed by atoms with Gasteiger partial charge in [0.1, 0.15) is 6.10 Å². The summed E-state index contributed by atoms with van der Waals surface area (Å²) in [5.41, 5.74) is 1.64. The molecular weight excluding hydrogens is 340 g/mol. The predicted octanol–water partition coefficient (Wildman–Crippen LogP) is 4.63. The highest BCUT2D eigenvalue weighted by atomic mass is 16.6. The molecule has 2 aromatic rings. The number of esters is 1. The standard InChI is InChI=1S/C23H28O4/c1-4-20-16(2)21(25-15-18-11-7-5-8-12-18)22(17(3)26-20)27-23(24)19-13-9-6-10-14-19/h5-14,16-17,20-22H,4,15H2,1-3H3/t16-,17-,20?,21+,22?/m0/s1. The molecular formula is C23H28O4. The van der Waals surface area contributed by atoms with E-state index in [0.717, 1.165) is 12.0 Å². The summed E-state index contributed by atoms with van der Waals surface area (Å²) >= 11 is 0. The van der Waals surface area contributed by atoms with Crippen molar-refractivity contribution in [2.45, 2.75) is 58.2 Å². The van der Waals surface area contributed by atoms with Gasteiger partial charge < -0.3 is 14.2 Å². The lowest BCUT2D eigenvalue weighted by Crippen LogP contribution is -2.55. The van der Waals surface area contributed by atoms with E-state index in [1.54, 1.807) is 12.1 Å². The van der Waals surface area contributed by atoms with Crippen LogP contribution in [0, 0.1) is 5.92 Å². The van der Waals surface area contributed by atoms with Gasteiger partial charge >= 0.3 is 5.97 Å². The van der Waals surface area contributed by atoms with Gasteiger partial charge in [-0.1, -0.05) is 62.4 Å². The third-order valence-electron chi connectivity index (χ3n) is 5.22. The first-order chi connectivity index (χ1) is 13.1. The molecule has 0 saturated carbocycles. The molecule has 1 heterocycles. The summed E-state index contributed by atoms with van der Waals surface area (Å²) < 4.78 is 18.3. The molecule has 27 heavy (non-hydrogen) atoms. The van der Waals surface area contributed by atoms with Crippen LogP contribution >= 0.6 is 0 Å². The Hall–Kier alpha value is -2.17. The summed E-state index contributed by atoms with van der Waals surface area (Å²) in [6.07, 6.45) is 0.105. The van der Waals surface area contributed by atoms with Crippen molar-refractivity contribution in [2.24, 2.45) is 5.92 Å². The molecule has 0 radical (unpaired) electrons. The highest BCUT2D eigenvalue weighted by Crippen LogP contribution is 2.32. The van der Waals surface area contributed by atoms with E-state index in [9.17, 15) is 4.79 Å². The van der Waals surface area contributed by atoms with Crippen molar-refractivity contribution in [3.8, 4) is 0 Å². The maximum atomic E-state index is 12.6. The number of carbonyl (C=O) groups excluding carboxylic acids is 1. The van der Waals surface area contributed by atoms with Crippen molar-refractivity contribution in [3.63, 3.8) is 0 Å². The highest BCUT2D eigenvalue weighted by molar-refractivity contribution is 5.89. The van der Waals surface area contributed by atoms with E-state index in [2.05, 4.69) is 13.8 Å². The topological polar surface area (TPSA) is 44.8 Å². The number of hydrogen-bond acceptors (Lipinski definition) is 4. The minimum absolute atomic E-state index is 0.0902. The van der Waals surface area contributed by atoms with Gasteiger partial charge in [0.15, 0.2) is 6.10 Å². The summed E-state index contributed by atoms with van der Waals surface area (Å²) in [5.74, 6) is -0.213. The molecule has 0 aliphatic carbocycles. The van der Waals surface area contributed by atoms with E-state index in [0.29, 0.717) is 12.2 Å². The maximum Gasteiger partial charge on any atom is 0.338 e. The van der Waals surface area contributed by atoms with E-state index in [-0.39, 0.29) is 30.2 Å². The Morgan fingerprint density at radius 3 is 2.22 bits per heavy atom. The first-order valence-electron chi connectivity index (χ1n) is 9.67. The second-order valence-corrected chi connectivity index (χ2v) is 7.14. The summed E-state index contributed by atoms with van der Waals surface area (Å²) in [4.78, 5) is 12.6. The fraction of sp³-hybridized carbons (Fsp3) is 0.435. The van der Waals surface area contributed by atoms with E-state index >= 15 is 0 Å². The summed E-state index contributed by atoms with van der Waals surface area (Å²) in [6.45, 7) is 6.66. The Morgan fingerprint density at radius 1 is 0.963 bits per heavy atom. The predicted molar refractivity (Wildman–Crippen MR) is 104 cm³/mol. The maximum absolute atomic E-state index is 12.6. The molecule has 0 spiro atoms. The van der Waals surface area contributed by atoms with E-state index in [1.165, 1.54) is 0 Å². The van der Waals surface area contributed by atoms with Crippen LogP contribution in [-0.4, -0.2) is 30.4 Å². The molecule has 0 bridgehead atoms. The quantitative estimate of drug-likeness (QED) is 0.697. The van der Waals surface area contributed by atoms with Crippen LogP contribution in [0.5, 0.6) is 0 Å². The molecule has 0 aromatic heterocycles. The Labute approximate surface area is 161 Å². The number of rotatable bonds is 6. The second kappa shape index (κ2) is 9.16. The van der Waals surface area contributed by atoms with E-state index in [4.69, 9.17) is 14.2 Å². The first kappa shape index (κ1) is 19.6. The molecule has 4 heteroatoms. The van der Waals surface area contributed by atoms with Gasteiger partial charge in [-0.05, 0) is 31.0 Å². The molecule has 4 nitrogen and oxygen atoms in total. The molecule has 1 aliphatic rings. The largest absolute Gasteiger partial charge is 0.453 e. The van der Waals surface area contributed by atoms with Crippen molar-refractivity contribution in [3.05, 3.63) is 71.8 Å². The Morgan fingerprint density at radius 2 is 1.59 bits per heavy atom. The second-order valence-electron chi connectivity index (χ2n) is 7.14. The number of hydrogen-bond donors (Lipinski definition) is 0. The monoisotopic (exact) mass is 368 g/mol. The van der Waals surface area contributed by atoms with E-state index in [1.807, 2.05) is 55.5 Å². The number of ether oxygens (including phenoxy) is 3. The fourth-order valence-electron chi connectivity index (χ4n) is 3.67. The number of carbonyl (C=O) groups is 1. The fourth-order valence-corrected chi connectivity index (χ4v) is 3.67. The molecule has 144 valence electrons. The summed E-state index contributed by atoms with van der Waals surface area (Å²) in [7, 11) is 0. The molecule has 0 amide bonds. The lowest BCUT2D eigenvalue weighted by atomic mass is 9.87. The molecule has 2 aromatic carbocycles. The van der Waals surface area contributed by atoms with Gasteiger partial charge in [0.2, 0.25) is 0 Å². The smallest absolute Gasteiger partial charge is 0.338 e. The zero-order valence-electron chi connectivity index (χ0n) is 16.2. The van der Waals surface area contributed by atoms with Crippen LogP contribution in [0.25, 0.3) is 0 Å². The van der Waals surface area contributed by atoms with Gasteiger partial charge in [-0.3, -0.25) is 0 Å². The van der Waals surface area contributed by atoms with Crippen LogP contribution in [0.1, 0.15) is 43.1 Å². The minimum Gasteiger partial charge on any atom is -0.453 e. The van der Waals surface area contributed by atoms with Crippen molar-refractivity contribution < 1.29 is 19.0 Å². The molecule has 3 rings (SSSR count). The highest BCUT2D eigenvalue weighted by Gasteiger charge is 2.44. The van der Waals surface area contributed by atoms with Crippen LogP contribution in [0.3, 0.4) is 0 Å². The average molecular weight is 368 g/mol.